The summed E-state index contributed by atoms with van der Waals surface area (Å²) >= 11 is 0. The Labute approximate surface area is 175 Å². The SMILES string of the molecule is CCNC(=NCC1(C)CCCC1)NC1CCCN(c2cnn(C)c2)C1.I. The number of nitrogens with zero attached hydrogens (tertiary/aromatic N) is 4. The van der Waals surface area contributed by atoms with Gasteiger partial charge in [-0.1, -0.05) is 19.8 Å². The van der Waals surface area contributed by atoms with Crippen molar-refractivity contribution in [3.63, 3.8) is 0 Å². The maximum absolute atomic E-state index is 4.92. The average molecular weight is 474 g/mol. The molecular weight excluding hydrogens is 439 g/mol. The van der Waals surface area contributed by atoms with E-state index in [-0.39, 0.29) is 24.0 Å². The van der Waals surface area contributed by atoms with E-state index >= 15 is 0 Å². The zero-order valence-electron chi connectivity index (χ0n) is 16.5. The van der Waals surface area contributed by atoms with Gasteiger partial charge >= 0.3 is 0 Å². The molecule has 2 aliphatic rings. The van der Waals surface area contributed by atoms with E-state index in [1.807, 2.05) is 17.9 Å². The maximum atomic E-state index is 4.92. The summed E-state index contributed by atoms with van der Waals surface area (Å²) in [5, 5.41) is 11.4. The van der Waals surface area contributed by atoms with Crippen LogP contribution in [-0.4, -0.2) is 48.0 Å². The van der Waals surface area contributed by atoms with Crippen LogP contribution >= 0.6 is 24.0 Å². The van der Waals surface area contributed by atoms with Crippen LogP contribution in [0.25, 0.3) is 0 Å². The Morgan fingerprint density at radius 2 is 2.12 bits per heavy atom. The predicted octanol–water partition coefficient (Wildman–Crippen LogP) is 3.14. The Kier molecular flexibility index (Phi) is 8.04. The van der Waals surface area contributed by atoms with Gasteiger partial charge < -0.3 is 15.5 Å². The van der Waals surface area contributed by atoms with Gasteiger partial charge in [0.1, 0.15) is 0 Å². The molecule has 0 bridgehead atoms. The summed E-state index contributed by atoms with van der Waals surface area (Å²) in [5.41, 5.74) is 1.62. The largest absolute Gasteiger partial charge is 0.367 e. The van der Waals surface area contributed by atoms with Gasteiger partial charge in [0, 0.05) is 45.5 Å². The number of halogens is 1. The molecule has 26 heavy (non-hydrogen) atoms. The maximum Gasteiger partial charge on any atom is 0.191 e. The molecule has 1 aliphatic carbocycles. The monoisotopic (exact) mass is 474 g/mol. The molecule has 0 amide bonds. The van der Waals surface area contributed by atoms with Crippen molar-refractivity contribution in [2.75, 3.05) is 31.1 Å². The fourth-order valence-electron chi connectivity index (χ4n) is 4.07. The number of aliphatic imine (C=N–C) groups is 1. The molecule has 1 aromatic rings. The van der Waals surface area contributed by atoms with Crippen molar-refractivity contribution < 1.29 is 0 Å². The van der Waals surface area contributed by atoms with Gasteiger partial charge in [-0.15, -0.1) is 24.0 Å². The Hall–Kier alpha value is -0.990. The molecule has 6 nitrogen and oxygen atoms in total. The predicted molar refractivity (Wildman–Crippen MR) is 120 cm³/mol. The van der Waals surface area contributed by atoms with Crippen molar-refractivity contribution in [3.05, 3.63) is 12.4 Å². The van der Waals surface area contributed by atoms with Gasteiger partial charge in [0.15, 0.2) is 5.96 Å². The second-order valence-electron chi connectivity index (χ2n) is 8.01. The highest BCUT2D eigenvalue weighted by Gasteiger charge is 2.28. The standard InChI is InChI=1S/C19H34N6.HI/c1-4-20-18(21-15-19(2)9-5-6-10-19)23-16-8-7-11-25(13-16)17-12-22-24(3)14-17;/h12,14,16H,4-11,13,15H2,1-3H3,(H2,20,21,23);1H. The quantitative estimate of drug-likeness (QED) is 0.391. The second kappa shape index (κ2) is 9.80. The molecule has 2 heterocycles. The minimum Gasteiger partial charge on any atom is -0.367 e. The summed E-state index contributed by atoms with van der Waals surface area (Å²) in [5.74, 6) is 0.980. The number of hydrogen-bond acceptors (Lipinski definition) is 3. The highest BCUT2D eigenvalue weighted by molar-refractivity contribution is 14.0. The summed E-state index contributed by atoms with van der Waals surface area (Å²) in [6.45, 7) is 8.47. The summed E-state index contributed by atoms with van der Waals surface area (Å²) in [7, 11) is 1.97. The molecule has 1 aromatic heterocycles. The number of aromatic nitrogens is 2. The Morgan fingerprint density at radius 1 is 1.35 bits per heavy atom. The van der Waals surface area contributed by atoms with Crippen LogP contribution in [0.15, 0.2) is 17.4 Å². The van der Waals surface area contributed by atoms with E-state index in [2.05, 4.69) is 40.7 Å². The molecule has 0 radical (unpaired) electrons. The Bertz CT molecular complexity index is 578. The Morgan fingerprint density at radius 3 is 2.77 bits per heavy atom. The van der Waals surface area contributed by atoms with Crippen LogP contribution in [0.2, 0.25) is 0 Å². The number of guanidine groups is 1. The van der Waals surface area contributed by atoms with Crippen molar-refractivity contribution in [2.45, 2.75) is 58.4 Å². The lowest BCUT2D eigenvalue weighted by atomic mass is 9.89. The van der Waals surface area contributed by atoms with E-state index < -0.39 is 0 Å². The van der Waals surface area contributed by atoms with Crippen molar-refractivity contribution in [1.29, 1.82) is 0 Å². The van der Waals surface area contributed by atoms with Crippen LogP contribution in [0.4, 0.5) is 5.69 Å². The van der Waals surface area contributed by atoms with Crippen molar-refractivity contribution in [2.24, 2.45) is 17.5 Å². The van der Waals surface area contributed by atoms with Gasteiger partial charge in [-0.05, 0) is 38.0 Å². The molecule has 148 valence electrons. The van der Waals surface area contributed by atoms with Gasteiger partial charge in [-0.25, -0.2) is 0 Å². The molecule has 1 atom stereocenters. The first-order chi connectivity index (χ1) is 12.1. The molecule has 1 saturated carbocycles. The van der Waals surface area contributed by atoms with E-state index in [4.69, 9.17) is 4.99 Å². The van der Waals surface area contributed by atoms with Gasteiger partial charge in [0.2, 0.25) is 0 Å². The first-order valence-electron chi connectivity index (χ1n) is 9.86. The zero-order chi connectivity index (χ0) is 17.7. The summed E-state index contributed by atoms with van der Waals surface area (Å²) in [6.07, 6.45) is 11.8. The van der Waals surface area contributed by atoms with Gasteiger partial charge in [-0.2, -0.15) is 5.10 Å². The molecule has 2 fully saturated rings. The molecule has 0 spiro atoms. The van der Waals surface area contributed by atoms with Crippen LogP contribution in [0, 0.1) is 5.41 Å². The van der Waals surface area contributed by atoms with Crippen LogP contribution < -0.4 is 15.5 Å². The van der Waals surface area contributed by atoms with Crippen molar-refractivity contribution in [3.8, 4) is 0 Å². The number of hydrogen-bond donors (Lipinski definition) is 2. The number of aryl methyl sites for hydroxylation is 1. The number of piperidine rings is 1. The first-order valence-corrected chi connectivity index (χ1v) is 9.86. The Balaban J connectivity index is 0.00000243. The van der Waals surface area contributed by atoms with E-state index in [1.54, 1.807) is 0 Å². The van der Waals surface area contributed by atoms with Crippen molar-refractivity contribution >= 4 is 35.6 Å². The van der Waals surface area contributed by atoms with Gasteiger partial charge in [0.05, 0.1) is 11.9 Å². The summed E-state index contributed by atoms with van der Waals surface area (Å²) in [6, 6.07) is 0.433. The number of anilines is 1. The third kappa shape index (κ3) is 5.76. The highest BCUT2D eigenvalue weighted by Crippen LogP contribution is 2.37. The third-order valence-electron chi connectivity index (χ3n) is 5.59. The highest BCUT2D eigenvalue weighted by atomic mass is 127. The number of rotatable bonds is 5. The van der Waals surface area contributed by atoms with Crippen LogP contribution in [0.1, 0.15) is 52.4 Å². The van der Waals surface area contributed by atoms with Gasteiger partial charge in [0.25, 0.3) is 0 Å². The fraction of sp³-hybridized carbons (Fsp3) is 0.789. The molecule has 1 unspecified atom stereocenters. The molecule has 1 saturated heterocycles. The smallest absolute Gasteiger partial charge is 0.191 e. The molecular formula is C19H35IN6. The van der Waals surface area contributed by atoms with E-state index in [0.29, 0.717) is 11.5 Å². The molecule has 1 aliphatic heterocycles. The topological polar surface area (TPSA) is 57.5 Å². The fourth-order valence-corrected chi connectivity index (χ4v) is 4.07. The van der Waals surface area contributed by atoms with Crippen LogP contribution in [0.5, 0.6) is 0 Å². The van der Waals surface area contributed by atoms with E-state index in [9.17, 15) is 0 Å². The second-order valence-corrected chi connectivity index (χ2v) is 8.01. The number of nitrogens with one attached hydrogen (secondary N) is 2. The van der Waals surface area contributed by atoms with E-state index in [1.165, 1.54) is 44.2 Å². The lowest BCUT2D eigenvalue weighted by molar-refractivity contribution is 0.349. The molecule has 2 N–H and O–H groups in total. The summed E-state index contributed by atoms with van der Waals surface area (Å²) in [4.78, 5) is 7.35. The van der Waals surface area contributed by atoms with Crippen LogP contribution in [0.3, 0.4) is 0 Å². The minimum atomic E-state index is 0. The summed E-state index contributed by atoms with van der Waals surface area (Å²) < 4.78 is 1.88. The lowest BCUT2D eigenvalue weighted by Crippen LogP contribution is -2.51. The minimum absolute atomic E-state index is 0. The normalized spacial score (nSPS) is 22.8. The first kappa shape index (κ1) is 21.3. The zero-order valence-corrected chi connectivity index (χ0v) is 18.8. The van der Waals surface area contributed by atoms with Crippen molar-refractivity contribution in [1.82, 2.24) is 20.4 Å². The lowest BCUT2D eigenvalue weighted by Gasteiger charge is -2.34. The average Bonchev–Trinajstić information content (AvgIpc) is 3.22. The molecule has 3 rings (SSSR count). The van der Waals surface area contributed by atoms with E-state index in [0.717, 1.165) is 32.1 Å². The van der Waals surface area contributed by atoms with Crippen LogP contribution in [-0.2, 0) is 7.05 Å². The third-order valence-corrected chi connectivity index (χ3v) is 5.59. The molecule has 0 aromatic carbocycles. The molecule has 7 heteroatoms. The van der Waals surface area contributed by atoms with Gasteiger partial charge in [-0.3, -0.25) is 9.67 Å².